The van der Waals surface area contributed by atoms with E-state index in [9.17, 15) is 0 Å². The van der Waals surface area contributed by atoms with Crippen LogP contribution in [0.3, 0.4) is 0 Å². The summed E-state index contributed by atoms with van der Waals surface area (Å²) in [4.78, 5) is 0. The first-order valence-corrected chi connectivity index (χ1v) is 4.45. The minimum absolute atomic E-state index is 0.764. The Morgan fingerprint density at radius 3 is 2.77 bits per heavy atom. The standard InChI is InChI=1S/C10H13N2O/c1-2-4-10(5-3-1)11-12-6-8-13-9-7-12/h1-5,8,11H,6-7,9H2. The molecule has 0 aliphatic carbocycles. The number of ether oxygens (including phenoxy) is 1. The Hall–Kier alpha value is -1.06. The monoisotopic (exact) mass is 177 g/mol. The van der Waals surface area contributed by atoms with Gasteiger partial charge in [-0.15, -0.1) is 0 Å². The van der Waals surface area contributed by atoms with Crippen molar-refractivity contribution in [1.82, 2.24) is 5.01 Å². The molecule has 2 rings (SSSR count). The summed E-state index contributed by atoms with van der Waals surface area (Å²) >= 11 is 0. The lowest BCUT2D eigenvalue weighted by atomic mass is 10.3. The summed E-state index contributed by atoms with van der Waals surface area (Å²) in [6.07, 6.45) is 0. The van der Waals surface area contributed by atoms with E-state index in [4.69, 9.17) is 4.74 Å². The Balaban J connectivity index is 1.90. The molecule has 1 aromatic rings. The zero-order chi connectivity index (χ0) is 8.93. The number of anilines is 1. The Morgan fingerprint density at radius 1 is 1.23 bits per heavy atom. The van der Waals surface area contributed by atoms with Gasteiger partial charge < -0.3 is 10.2 Å². The molecule has 1 heterocycles. The Bertz CT molecular complexity index is 244. The maximum atomic E-state index is 5.13. The molecule has 69 valence electrons. The number of hydrogen-bond donors (Lipinski definition) is 1. The molecule has 0 atom stereocenters. The van der Waals surface area contributed by atoms with Crippen LogP contribution in [0.4, 0.5) is 5.69 Å². The highest BCUT2D eigenvalue weighted by molar-refractivity contribution is 5.41. The first-order valence-electron chi connectivity index (χ1n) is 4.45. The molecule has 1 aliphatic rings. The molecule has 1 aromatic carbocycles. The van der Waals surface area contributed by atoms with Gasteiger partial charge in [0.25, 0.3) is 0 Å². The first-order chi connectivity index (χ1) is 6.45. The van der Waals surface area contributed by atoms with Gasteiger partial charge in [-0.25, -0.2) is 5.01 Å². The third-order valence-electron chi connectivity index (χ3n) is 1.95. The largest absolute Gasteiger partial charge is 0.373 e. The van der Waals surface area contributed by atoms with Crippen molar-refractivity contribution in [2.75, 3.05) is 25.1 Å². The summed E-state index contributed by atoms with van der Waals surface area (Å²) in [6, 6.07) is 10.2. The van der Waals surface area contributed by atoms with Gasteiger partial charge in [-0.1, -0.05) is 18.2 Å². The van der Waals surface area contributed by atoms with Crippen LogP contribution < -0.4 is 5.43 Å². The number of nitrogens with zero attached hydrogens (tertiary/aromatic N) is 1. The predicted molar refractivity (Wildman–Crippen MR) is 51.9 cm³/mol. The van der Waals surface area contributed by atoms with Crippen molar-refractivity contribution in [3.63, 3.8) is 0 Å². The SMILES string of the molecule is [CH]1CN(Nc2ccccc2)CCO1. The van der Waals surface area contributed by atoms with E-state index in [1.54, 1.807) is 0 Å². The van der Waals surface area contributed by atoms with Crippen molar-refractivity contribution in [3.05, 3.63) is 36.9 Å². The molecular weight excluding hydrogens is 164 g/mol. The second-order valence-electron chi connectivity index (χ2n) is 2.96. The molecule has 1 radical (unpaired) electrons. The molecule has 0 bridgehead atoms. The van der Waals surface area contributed by atoms with E-state index in [2.05, 4.69) is 22.6 Å². The lowest BCUT2D eigenvalue weighted by molar-refractivity contribution is 0.0999. The molecule has 0 aromatic heterocycles. The van der Waals surface area contributed by atoms with Gasteiger partial charge in [-0.3, -0.25) is 0 Å². The van der Waals surface area contributed by atoms with Crippen LogP contribution in [0.2, 0.25) is 0 Å². The number of hydrazine groups is 1. The van der Waals surface area contributed by atoms with Gasteiger partial charge in [-0.05, 0) is 12.1 Å². The average molecular weight is 177 g/mol. The van der Waals surface area contributed by atoms with Crippen LogP contribution in [0, 0.1) is 6.61 Å². The first kappa shape index (κ1) is 8.53. The van der Waals surface area contributed by atoms with Crippen LogP contribution in [0.25, 0.3) is 0 Å². The molecule has 0 saturated carbocycles. The van der Waals surface area contributed by atoms with Crippen molar-refractivity contribution in [2.45, 2.75) is 0 Å². The Morgan fingerprint density at radius 2 is 2.08 bits per heavy atom. The van der Waals surface area contributed by atoms with Crippen LogP contribution in [0.1, 0.15) is 0 Å². The van der Waals surface area contributed by atoms with Crippen LogP contribution in [0.5, 0.6) is 0 Å². The molecule has 0 amide bonds. The minimum atomic E-state index is 0.764. The number of para-hydroxylation sites is 1. The molecule has 0 spiro atoms. The van der Waals surface area contributed by atoms with E-state index < -0.39 is 0 Å². The number of rotatable bonds is 2. The maximum absolute atomic E-state index is 5.13. The fourth-order valence-corrected chi connectivity index (χ4v) is 1.28. The molecule has 0 unspecified atom stereocenters. The van der Waals surface area contributed by atoms with Crippen molar-refractivity contribution in [3.8, 4) is 0 Å². The Labute approximate surface area is 78.3 Å². The van der Waals surface area contributed by atoms with Crippen molar-refractivity contribution in [2.24, 2.45) is 0 Å². The molecule has 1 N–H and O–H groups in total. The van der Waals surface area contributed by atoms with Crippen molar-refractivity contribution in [1.29, 1.82) is 0 Å². The van der Waals surface area contributed by atoms with Crippen LogP contribution in [0.15, 0.2) is 30.3 Å². The van der Waals surface area contributed by atoms with Gasteiger partial charge in [0, 0.05) is 18.8 Å². The summed E-state index contributed by atoms with van der Waals surface area (Å²) in [5, 5.41) is 2.12. The highest BCUT2D eigenvalue weighted by Gasteiger charge is 2.09. The number of morpholine rings is 1. The van der Waals surface area contributed by atoms with Gasteiger partial charge in [0.2, 0.25) is 0 Å². The molecule has 13 heavy (non-hydrogen) atoms. The van der Waals surface area contributed by atoms with Crippen molar-refractivity contribution < 1.29 is 4.74 Å². The fourth-order valence-electron chi connectivity index (χ4n) is 1.28. The summed E-state index contributed by atoms with van der Waals surface area (Å²) in [7, 11) is 0. The second kappa shape index (κ2) is 4.25. The third-order valence-corrected chi connectivity index (χ3v) is 1.95. The molecular formula is C10H13N2O. The highest BCUT2D eigenvalue weighted by atomic mass is 16.5. The fraction of sp³-hybridized carbons (Fsp3) is 0.300. The number of benzene rings is 1. The summed E-state index contributed by atoms with van der Waals surface area (Å²) in [5.74, 6) is 0. The van der Waals surface area contributed by atoms with E-state index in [0.717, 1.165) is 25.4 Å². The van der Waals surface area contributed by atoms with E-state index >= 15 is 0 Å². The van der Waals surface area contributed by atoms with Gasteiger partial charge >= 0.3 is 0 Å². The topological polar surface area (TPSA) is 24.5 Å². The second-order valence-corrected chi connectivity index (χ2v) is 2.96. The normalized spacial score (nSPS) is 18.5. The number of hydrogen-bond acceptors (Lipinski definition) is 3. The summed E-state index contributed by atoms with van der Waals surface area (Å²) in [5.41, 5.74) is 4.43. The quantitative estimate of drug-likeness (QED) is 0.741. The number of nitrogens with one attached hydrogen (secondary N) is 1. The lowest BCUT2D eigenvalue weighted by Gasteiger charge is -2.27. The molecule has 3 nitrogen and oxygen atoms in total. The van der Waals surface area contributed by atoms with Gasteiger partial charge in [-0.2, -0.15) is 0 Å². The van der Waals surface area contributed by atoms with Gasteiger partial charge in [0.1, 0.15) is 0 Å². The van der Waals surface area contributed by atoms with Crippen LogP contribution in [-0.4, -0.2) is 24.7 Å². The molecule has 3 heteroatoms. The third kappa shape index (κ3) is 2.44. The van der Waals surface area contributed by atoms with E-state index in [1.807, 2.05) is 24.8 Å². The Kier molecular flexibility index (Phi) is 2.79. The van der Waals surface area contributed by atoms with E-state index in [0.29, 0.717) is 0 Å². The summed E-state index contributed by atoms with van der Waals surface area (Å²) in [6.45, 7) is 4.33. The van der Waals surface area contributed by atoms with E-state index in [-0.39, 0.29) is 0 Å². The lowest BCUT2D eigenvalue weighted by Crippen LogP contribution is -2.38. The predicted octanol–water partition coefficient (Wildman–Crippen LogP) is 1.51. The summed E-state index contributed by atoms with van der Waals surface area (Å²) < 4.78 is 5.13. The average Bonchev–Trinajstić information content (AvgIpc) is 2.21. The molecule has 1 fully saturated rings. The van der Waals surface area contributed by atoms with Gasteiger partial charge in [0.15, 0.2) is 0 Å². The minimum Gasteiger partial charge on any atom is -0.373 e. The van der Waals surface area contributed by atoms with E-state index in [1.165, 1.54) is 0 Å². The zero-order valence-corrected chi connectivity index (χ0v) is 7.44. The van der Waals surface area contributed by atoms with Crippen LogP contribution in [-0.2, 0) is 4.74 Å². The maximum Gasteiger partial charge on any atom is 0.0995 e. The zero-order valence-electron chi connectivity index (χ0n) is 7.44. The highest BCUT2D eigenvalue weighted by Crippen LogP contribution is 2.08. The van der Waals surface area contributed by atoms with Gasteiger partial charge in [0.05, 0.1) is 13.2 Å². The molecule has 1 saturated heterocycles. The van der Waals surface area contributed by atoms with Crippen molar-refractivity contribution >= 4 is 5.69 Å². The van der Waals surface area contributed by atoms with Crippen LogP contribution >= 0.6 is 0 Å². The smallest absolute Gasteiger partial charge is 0.0995 e. The molecule has 1 aliphatic heterocycles.